The summed E-state index contributed by atoms with van der Waals surface area (Å²) in [5.41, 5.74) is 19.5. The Morgan fingerprint density at radius 2 is 0.863 bits per heavy atom. The largest absolute Gasteiger partial charge is 0.486 e. The van der Waals surface area contributed by atoms with Crippen LogP contribution in [0.2, 0.25) is 0 Å². The Balaban J connectivity index is 0.00000123. The first-order chi connectivity index (χ1) is 43.4. The predicted molar refractivity (Wildman–Crippen MR) is 386 cm³/mol. The Kier molecular flexibility index (Phi) is 36.7. The maximum Gasteiger partial charge on any atom is 0.300 e. The highest BCUT2D eigenvalue weighted by molar-refractivity contribution is 6.02. The monoisotopic (exact) mass is 1330 g/mol. The fourth-order valence-electron chi connectivity index (χ4n) is 8.31. The Labute approximate surface area is 571 Å². The molecule has 3 heterocycles. The van der Waals surface area contributed by atoms with Gasteiger partial charge in [0.2, 0.25) is 0 Å². The highest BCUT2D eigenvalue weighted by Gasteiger charge is 2.29. The molecule has 3 aromatic rings. The van der Waals surface area contributed by atoms with Gasteiger partial charge in [-0.2, -0.15) is 5.10 Å². The average Bonchev–Trinajstić information content (AvgIpc) is 0.825. The first-order valence-corrected chi connectivity index (χ1v) is 33.0. The minimum absolute atomic E-state index is 0. The SMILES string of the molecule is C.C/C(=C\C(=O)C(C)(C)C)C(C)(C)C.CC(=O)O.CCCCO.CCc1c(C(=O)N/N=C(\C=C(/C)C(C)(C)C)C(C)(C)C)ccc2c1OCCO2.CCc1c(C(=O)NN)ccc2c1OCCO2.CCc1c(C(=O)NNC(/C=C(\C)C(C)(C)C)C(C)(C)C)ccc2c1OCCO2. The number of unbranched alkanes of at least 4 members (excludes halogenated alkanes) is 1. The standard InChI is InChI=1S/C23H36N2O3.C23H34N2O3.C12H22O.C11H14N2O3.C4H10O.C2H4O2.CH4/c2*1-9-16-17(10-11-18-20(16)28-13-12-27-18)21(26)25-24-19(23(6,7)8)14-15(2)22(3,4)5;1-9(11(2,3)4)8-10(13)12(5,6)7;1-2-7-8(11(14)13-12)3-4-9-10(7)16-6-5-15-9;1-2-3-4-5;1-2(3)4;/h10-11,14,19,24H,9,12-13H2,1-8H3,(H,25,26);10-11,14H,9,12-13H2,1-8H3,(H,25,26);8H,1-7H3;3-4H,2,5-6,12H2,1H3,(H,13,14);5H,2-4H2,1H3;1H3,(H,3,4);1H4/b15-14+;15-14+,24-19+;9-8+;;;;. The smallest absolute Gasteiger partial charge is 0.300 e. The summed E-state index contributed by atoms with van der Waals surface area (Å²) in [6, 6.07) is 10.6. The van der Waals surface area contributed by atoms with E-state index in [-0.39, 0.29) is 69.5 Å². The molecule has 0 radical (unpaired) electrons. The Bertz CT molecular complexity index is 3090. The fraction of sp³-hybridized carbons (Fsp3) is 0.605. The lowest BCUT2D eigenvalue weighted by Gasteiger charge is -2.32. The minimum Gasteiger partial charge on any atom is -0.486 e. The third-order valence-electron chi connectivity index (χ3n) is 15.6. The zero-order valence-corrected chi connectivity index (χ0v) is 62.2. The van der Waals surface area contributed by atoms with Gasteiger partial charge in [0.1, 0.15) is 39.6 Å². The van der Waals surface area contributed by atoms with E-state index < -0.39 is 5.97 Å². The van der Waals surface area contributed by atoms with E-state index in [0.717, 1.165) is 47.7 Å². The number of hydrazine groups is 2. The number of carbonyl (C=O) groups is 5. The first kappa shape index (κ1) is 87.8. The van der Waals surface area contributed by atoms with Crippen LogP contribution >= 0.6 is 0 Å². The minimum atomic E-state index is -0.833. The summed E-state index contributed by atoms with van der Waals surface area (Å²) in [6.45, 7) is 56.8. The quantitative estimate of drug-likeness (QED) is 0.0198. The Morgan fingerprint density at radius 1 is 0.516 bits per heavy atom. The second-order valence-corrected chi connectivity index (χ2v) is 29.5. The molecule has 19 nitrogen and oxygen atoms in total. The number of rotatable bonds is 14. The number of hydrazone groups is 1. The number of fused-ring (bicyclic) bond motifs is 3. The Hall–Kier alpha value is -7.22. The summed E-state index contributed by atoms with van der Waals surface area (Å²) in [5.74, 6) is 7.92. The molecule has 3 aromatic carbocycles. The molecule has 0 saturated carbocycles. The van der Waals surface area contributed by atoms with Crippen LogP contribution in [-0.4, -0.2) is 97.7 Å². The first-order valence-electron chi connectivity index (χ1n) is 33.0. The molecule has 3 aliphatic heterocycles. The van der Waals surface area contributed by atoms with Gasteiger partial charge in [0, 0.05) is 63.8 Å². The van der Waals surface area contributed by atoms with Crippen LogP contribution in [0.25, 0.3) is 0 Å². The molecule has 1 unspecified atom stereocenters. The van der Waals surface area contributed by atoms with Gasteiger partial charge in [0.05, 0.1) is 5.71 Å². The number of hydrogen-bond donors (Lipinski definition) is 7. The van der Waals surface area contributed by atoms with E-state index in [1.807, 2.05) is 60.6 Å². The van der Waals surface area contributed by atoms with E-state index >= 15 is 0 Å². The van der Waals surface area contributed by atoms with Gasteiger partial charge in [-0.15, -0.1) is 0 Å². The van der Waals surface area contributed by atoms with Crippen molar-refractivity contribution in [3.8, 4) is 34.5 Å². The summed E-state index contributed by atoms with van der Waals surface area (Å²) in [7, 11) is 0. The van der Waals surface area contributed by atoms with Crippen molar-refractivity contribution in [3.63, 3.8) is 0 Å². The van der Waals surface area contributed by atoms with E-state index in [9.17, 15) is 19.2 Å². The van der Waals surface area contributed by atoms with Crippen LogP contribution in [0.4, 0.5) is 0 Å². The molecule has 0 bridgehead atoms. The number of amides is 3. The Morgan fingerprint density at radius 3 is 1.16 bits per heavy atom. The average molecular weight is 1330 g/mol. The third kappa shape index (κ3) is 29.8. The highest BCUT2D eigenvalue weighted by Crippen LogP contribution is 2.39. The number of benzene rings is 3. The number of ketones is 1. The molecule has 3 aliphatic rings. The zero-order valence-electron chi connectivity index (χ0n) is 62.2. The van der Waals surface area contributed by atoms with E-state index in [4.69, 9.17) is 49.3 Å². The van der Waals surface area contributed by atoms with Gasteiger partial charge < -0.3 is 38.6 Å². The summed E-state index contributed by atoms with van der Waals surface area (Å²) < 4.78 is 33.8. The predicted octanol–water partition coefficient (Wildman–Crippen LogP) is 15.5. The number of carboxylic acid groups (broad SMARTS) is 1. The lowest BCUT2D eigenvalue weighted by atomic mass is 9.81. The fourth-order valence-corrected chi connectivity index (χ4v) is 8.31. The van der Waals surface area contributed by atoms with Gasteiger partial charge in [-0.25, -0.2) is 16.7 Å². The van der Waals surface area contributed by atoms with Crippen LogP contribution in [0.3, 0.4) is 0 Å². The maximum absolute atomic E-state index is 12.9. The number of nitrogens with zero attached hydrogens (tertiary/aromatic N) is 1. The van der Waals surface area contributed by atoms with Gasteiger partial charge >= 0.3 is 0 Å². The highest BCUT2D eigenvalue weighted by atomic mass is 16.6. The second kappa shape index (κ2) is 39.7. The summed E-state index contributed by atoms with van der Waals surface area (Å²) in [5, 5.41) is 20.0. The van der Waals surface area contributed by atoms with Gasteiger partial charge in [0.15, 0.2) is 40.3 Å². The topological polar surface area (TPSA) is 268 Å². The van der Waals surface area contributed by atoms with E-state index in [0.29, 0.717) is 117 Å². The van der Waals surface area contributed by atoms with Crippen LogP contribution in [-0.2, 0) is 28.9 Å². The molecule has 0 fully saturated rings. The third-order valence-corrected chi connectivity index (χ3v) is 15.6. The molecule has 0 aliphatic carbocycles. The van der Waals surface area contributed by atoms with Gasteiger partial charge in [-0.3, -0.25) is 34.8 Å². The van der Waals surface area contributed by atoms with Crippen molar-refractivity contribution in [2.24, 2.45) is 43.4 Å². The van der Waals surface area contributed by atoms with Crippen LogP contribution in [0.15, 0.2) is 76.4 Å². The number of aliphatic hydroxyl groups excluding tert-OH is 1. The lowest BCUT2D eigenvalue weighted by Crippen LogP contribution is -2.49. The number of ether oxygens (including phenoxy) is 6. The van der Waals surface area contributed by atoms with Crippen molar-refractivity contribution in [3.05, 3.63) is 105 Å². The van der Waals surface area contributed by atoms with Crippen LogP contribution in [0, 0.1) is 32.5 Å². The van der Waals surface area contributed by atoms with Crippen molar-refractivity contribution >= 4 is 35.2 Å². The molecule has 6 rings (SSSR count). The van der Waals surface area contributed by atoms with Crippen LogP contribution < -0.4 is 56.0 Å². The number of allylic oxidation sites excluding steroid dienone is 5. The summed E-state index contributed by atoms with van der Waals surface area (Å²) in [4.78, 5) is 58.0. The van der Waals surface area contributed by atoms with Gasteiger partial charge in [0.25, 0.3) is 23.7 Å². The second-order valence-electron chi connectivity index (χ2n) is 29.5. The van der Waals surface area contributed by atoms with Crippen molar-refractivity contribution < 1.29 is 62.6 Å². The number of nitrogen functional groups attached to an aromatic ring is 1. The molecule has 1 atom stereocenters. The molecule has 19 heteroatoms. The molecule has 95 heavy (non-hydrogen) atoms. The molecule has 0 spiro atoms. The van der Waals surface area contributed by atoms with Crippen LogP contribution in [0.1, 0.15) is 248 Å². The van der Waals surface area contributed by atoms with Crippen molar-refractivity contribution in [1.82, 2.24) is 21.7 Å². The molecule has 0 saturated heterocycles. The van der Waals surface area contributed by atoms with Crippen LogP contribution in [0.5, 0.6) is 34.5 Å². The lowest BCUT2D eigenvalue weighted by molar-refractivity contribution is -0.134. The number of aliphatic carboxylic acids is 1. The molecular formula is C76H124N6O13. The number of carbonyl (C=O) groups excluding carboxylic acids is 4. The number of carboxylic acids is 1. The van der Waals surface area contributed by atoms with Crippen molar-refractivity contribution in [2.75, 3.05) is 46.2 Å². The van der Waals surface area contributed by atoms with E-state index in [2.05, 4.69) is 164 Å². The number of hydrogen-bond acceptors (Lipinski definition) is 15. The molecule has 8 N–H and O–H groups in total. The summed E-state index contributed by atoms with van der Waals surface area (Å²) in [6.07, 6.45) is 10.2. The summed E-state index contributed by atoms with van der Waals surface area (Å²) >= 11 is 0. The molecular weight excluding hydrogens is 1200 g/mol. The number of nitrogens with one attached hydrogen (secondary N) is 4. The number of nitrogens with two attached hydrogens (primary N) is 1. The van der Waals surface area contributed by atoms with Crippen molar-refractivity contribution in [2.45, 2.75) is 226 Å². The van der Waals surface area contributed by atoms with Gasteiger partial charge in [-0.1, -0.05) is 189 Å². The van der Waals surface area contributed by atoms with E-state index in [1.165, 1.54) is 11.1 Å². The number of aliphatic hydroxyl groups is 1. The molecule has 0 aromatic heterocycles. The van der Waals surface area contributed by atoms with Crippen molar-refractivity contribution in [1.29, 1.82) is 0 Å². The van der Waals surface area contributed by atoms with E-state index in [1.54, 1.807) is 30.3 Å². The normalized spacial score (nSPS) is 14.2. The van der Waals surface area contributed by atoms with Gasteiger partial charge in [-0.05, 0) is 117 Å². The molecule has 536 valence electrons. The molecule has 3 amide bonds. The zero-order chi connectivity index (χ0) is 72.3. The maximum atomic E-state index is 12.9.